The zero-order chi connectivity index (χ0) is 14.0. The molecule has 0 amide bonds. The molecule has 0 aromatic carbocycles. The van der Waals surface area contributed by atoms with E-state index in [1.54, 1.807) is 0 Å². The molecule has 0 aromatic rings. The molecule has 5 heteroatoms. The van der Waals surface area contributed by atoms with Gasteiger partial charge in [-0.3, -0.25) is 0 Å². The van der Waals surface area contributed by atoms with Crippen LogP contribution < -0.4 is 0 Å². The number of hydrogen-bond acceptors (Lipinski definition) is 3. The summed E-state index contributed by atoms with van der Waals surface area (Å²) in [6.45, 7) is 2.03. The minimum Gasteiger partial charge on any atom is -0.355 e. The summed E-state index contributed by atoms with van der Waals surface area (Å²) in [5.41, 5.74) is 0. The van der Waals surface area contributed by atoms with E-state index in [0.29, 0.717) is 26.8 Å². The number of halogens is 2. The van der Waals surface area contributed by atoms with Crippen LogP contribution in [0.5, 0.6) is 0 Å². The molecule has 0 rings (SSSR count). The molecule has 3 nitrogen and oxygen atoms in total. The highest BCUT2D eigenvalue weighted by atomic mass is 127. The van der Waals surface area contributed by atoms with E-state index in [2.05, 4.69) is 69.5 Å². The van der Waals surface area contributed by atoms with Crippen molar-refractivity contribution >= 4 is 45.2 Å². The first kappa shape index (κ1) is 19.8. The molecule has 0 fully saturated rings. The Kier molecular flexibility index (Phi) is 19.6. The van der Waals surface area contributed by atoms with Crippen LogP contribution in [0.3, 0.4) is 0 Å². The van der Waals surface area contributed by atoms with Crippen LogP contribution in [0.4, 0.5) is 0 Å². The lowest BCUT2D eigenvalue weighted by atomic mass is 10.3. The van der Waals surface area contributed by atoms with Gasteiger partial charge in [-0.1, -0.05) is 69.5 Å². The predicted octanol–water partition coefficient (Wildman–Crippen LogP) is 4.49. The van der Waals surface area contributed by atoms with Gasteiger partial charge in [-0.25, -0.2) is 0 Å². The maximum Gasteiger partial charge on any atom is 0.149 e. The van der Waals surface area contributed by atoms with Gasteiger partial charge in [-0.2, -0.15) is 0 Å². The van der Waals surface area contributed by atoms with Crippen LogP contribution in [0.1, 0.15) is 25.7 Å². The molecule has 0 radical (unpaired) electrons. The van der Waals surface area contributed by atoms with Gasteiger partial charge in [0.05, 0.1) is 13.2 Å². The molecule has 0 N–H and O–H groups in total. The number of rotatable bonds is 14. The van der Waals surface area contributed by atoms with Crippen LogP contribution in [0.15, 0.2) is 24.3 Å². The molecule has 0 saturated heterocycles. The van der Waals surface area contributed by atoms with E-state index in [1.165, 1.54) is 8.86 Å². The maximum absolute atomic E-state index is 5.30. The average Bonchev–Trinajstić information content (AvgIpc) is 2.43. The van der Waals surface area contributed by atoms with Crippen LogP contribution in [0.2, 0.25) is 0 Å². The molecule has 0 aliphatic heterocycles. The van der Waals surface area contributed by atoms with Crippen LogP contribution in [0, 0.1) is 0 Å². The Bertz CT molecular complexity index is 199. The van der Waals surface area contributed by atoms with Gasteiger partial charge in [0, 0.05) is 8.86 Å². The normalized spacial score (nSPS) is 11.9. The van der Waals surface area contributed by atoms with Gasteiger partial charge >= 0.3 is 0 Å². The summed E-state index contributed by atoms with van der Waals surface area (Å²) in [7, 11) is 0. The van der Waals surface area contributed by atoms with Crippen molar-refractivity contribution in [3.63, 3.8) is 0 Å². The van der Waals surface area contributed by atoms with E-state index >= 15 is 0 Å². The van der Waals surface area contributed by atoms with Gasteiger partial charge in [-0.05, 0) is 25.7 Å². The zero-order valence-corrected chi connectivity index (χ0v) is 15.7. The summed E-state index contributed by atoms with van der Waals surface area (Å²) in [6, 6.07) is 0. The quantitative estimate of drug-likeness (QED) is 0.117. The van der Waals surface area contributed by atoms with Gasteiger partial charge in [0.1, 0.15) is 13.6 Å². The molecular formula is C14H24I2O3. The molecule has 0 atom stereocenters. The van der Waals surface area contributed by atoms with E-state index in [1.807, 2.05) is 0 Å². The van der Waals surface area contributed by atoms with E-state index < -0.39 is 0 Å². The number of allylic oxidation sites excluding steroid dienone is 2. The fourth-order valence-corrected chi connectivity index (χ4v) is 1.89. The number of ether oxygens (including phenoxy) is 3. The fraction of sp³-hybridized carbons (Fsp3) is 0.714. The lowest BCUT2D eigenvalue weighted by Gasteiger charge is -2.05. The van der Waals surface area contributed by atoms with Gasteiger partial charge in [0.25, 0.3) is 0 Å². The predicted molar refractivity (Wildman–Crippen MR) is 97.2 cm³/mol. The smallest absolute Gasteiger partial charge is 0.149 e. The Morgan fingerprint density at radius 3 is 1.42 bits per heavy atom. The Morgan fingerprint density at radius 2 is 1.00 bits per heavy atom. The minimum absolute atomic E-state index is 0.310. The maximum atomic E-state index is 5.30. The van der Waals surface area contributed by atoms with Crippen molar-refractivity contribution in [3.05, 3.63) is 24.3 Å². The Hall–Kier alpha value is 0.820. The first-order valence-electron chi connectivity index (χ1n) is 6.57. The van der Waals surface area contributed by atoms with Gasteiger partial charge in [-0.15, -0.1) is 0 Å². The third-order valence-electron chi connectivity index (χ3n) is 2.08. The van der Waals surface area contributed by atoms with Crippen molar-refractivity contribution < 1.29 is 14.2 Å². The third kappa shape index (κ3) is 18.8. The van der Waals surface area contributed by atoms with Crippen LogP contribution >= 0.6 is 45.2 Å². The van der Waals surface area contributed by atoms with Crippen molar-refractivity contribution in [2.45, 2.75) is 25.7 Å². The first-order valence-corrected chi connectivity index (χ1v) is 9.62. The van der Waals surface area contributed by atoms with Gasteiger partial charge in [0.2, 0.25) is 0 Å². The van der Waals surface area contributed by atoms with Crippen LogP contribution in [-0.4, -0.2) is 35.7 Å². The number of alkyl halides is 2. The molecule has 0 spiro atoms. The Labute approximate surface area is 144 Å². The minimum atomic E-state index is 0.310. The second-order valence-corrected chi connectivity index (χ2v) is 5.89. The van der Waals surface area contributed by atoms with Crippen molar-refractivity contribution in [1.82, 2.24) is 0 Å². The lowest BCUT2D eigenvalue weighted by Crippen LogP contribution is -2.05. The largest absolute Gasteiger partial charge is 0.355 e. The molecular weight excluding hydrogens is 470 g/mol. The molecule has 0 bridgehead atoms. The van der Waals surface area contributed by atoms with Crippen molar-refractivity contribution in [2.75, 3.05) is 35.7 Å². The highest BCUT2D eigenvalue weighted by molar-refractivity contribution is 14.1. The van der Waals surface area contributed by atoms with Crippen molar-refractivity contribution in [2.24, 2.45) is 0 Å². The van der Waals surface area contributed by atoms with Gasteiger partial charge in [0.15, 0.2) is 0 Å². The van der Waals surface area contributed by atoms with E-state index in [-0.39, 0.29) is 0 Å². The van der Waals surface area contributed by atoms with E-state index in [0.717, 1.165) is 25.7 Å². The molecule has 0 aromatic heterocycles. The molecule has 0 aliphatic rings. The Balaban J connectivity index is 3.02. The number of hydrogen-bond donors (Lipinski definition) is 0. The second-order valence-electron chi connectivity index (χ2n) is 3.73. The van der Waals surface area contributed by atoms with E-state index in [4.69, 9.17) is 14.2 Å². The second kappa shape index (κ2) is 18.8. The van der Waals surface area contributed by atoms with Crippen molar-refractivity contribution in [3.8, 4) is 0 Å². The summed E-state index contributed by atoms with van der Waals surface area (Å²) >= 11 is 4.73. The SMILES string of the molecule is ICC/C=C\CCOCOCOCC/C=C\CCI. The van der Waals surface area contributed by atoms with E-state index in [9.17, 15) is 0 Å². The summed E-state index contributed by atoms with van der Waals surface area (Å²) in [5, 5.41) is 0. The summed E-state index contributed by atoms with van der Waals surface area (Å²) in [4.78, 5) is 0. The Morgan fingerprint density at radius 1 is 0.579 bits per heavy atom. The standard InChI is InChI=1S/C14H24I2O3/c15-9-5-1-3-7-11-17-13-19-14-18-12-8-4-2-6-10-16/h1-4H,5-14H2/b3-1-,4-2-. The first-order chi connectivity index (χ1) is 9.41. The summed E-state index contributed by atoms with van der Waals surface area (Å²) < 4.78 is 18.1. The monoisotopic (exact) mass is 494 g/mol. The fourth-order valence-electron chi connectivity index (χ4n) is 1.17. The van der Waals surface area contributed by atoms with Gasteiger partial charge < -0.3 is 14.2 Å². The summed E-state index contributed by atoms with van der Waals surface area (Å²) in [5.74, 6) is 0. The zero-order valence-electron chi connectivity index (χ0n) is 11.4. The van der Waals surface area contributed by atoms with Crippen LogP contribution in [0.25, 0.3) is 0 Å². The highest BCUT2D eigenvalue weighted by Gasteiger charge is 1.88. The molecule has 0 heterocycles. The topological polar surface area (TPSA) is 27.7 Å². The lowest BCUT2D eigenvalue weighted by molar-refractivity contribution is -0.129. The molecule has 19 heavy (non-hydrogen) atoms. The molecule has 0 saturated carbocycles. The molecule has 0 unspecified atom stereocenters. The van der Waals surface area contributed by atoms with Crippen molar-refractivity contribution in [1.29, 1.82) is 0 Å². The molecule has 112 valence electrons. The average molecular weight is 494 g/mol. The van der Waals surface area contributed by atoms with Crippen LogP contribution in [-0.2, 0) is 14.2 Å². The highest BCUT2D eigenvalue weighted by Crippen LogP contribution is 1.94. The summed E-state index contributed by atoms with van der Waals surface area (Å²) in [6.07, 6.45) is 12.8. The molecule has 0 aliphatic carbocycles. The third-order valence-corrected chi connectivity index (χ3v) is 3.32.